The minimum atomic E-state index is -0.317. The molecular formula is C36H38BBr2Cl3N6O2. The second kappa shape index (κ2) is 17.6. The molecule has 1 fully saturated rings. The molecule has 8 nitrogen and oxygen atoms in total. The van der Waals surface area contributed by atoms with Gasteiger partial charge in [0.25, 0.3) is 0 Å². The summed E-state index contributed by atoms with van der Waals surface area (Å²) in [6.07, 6.45) is 5.28. The number of aromatic nitrogens is 6. The predicted molar refractivity (Wildman–Crippen MR) is 213 cm³/mol. The summed E-state index contributed by atoms with van der Waals surface area (Å²) in [5.41, 5.74) is 4.41. The topological polar surface area (TPSA) is 71.9 Å². The molecule has 7 rings (SSSR count). The van der Waals surface area contributed by atoms with E-state index < -0.39 is 0 Å². The smallest absolute Gasteiger partial charge is 0.398 e. The number of hydrogen-bond donors (Lipinski definition) is 0. The molecule has 0 N–H and O–H groups in total. The van der Waals surface area contributed by atoms with Crippen LogP contribution in [0.3, 0.4) is 0 Å². The SMILES string of the molecule is Clc1ccccc1Br.Cn1ncc(Br)c1-c1ccccc1Cl.Cn1nccc1-c1ccccc1Cl.Cn1nccc1B1OC(C)(C)C(C)(C)O1. The Kier molecular flexibility index (Phi) is 14.0. The average molecular weight is 864 g/mol. The van der Waals surface area contributed by atoms with E-state index in [1.807, 2.05) is 134 Å². The van der Waals surface area contributed by atoms with Gasteiger partial charge in [-0.3, -0.25) is 14.0 Å². The van der Waals surface area contributed by atoms with Crippen LogP contribution in [0.1, 0.15) is 27.7 Å². The molecule has 6 aromatic rings. The minimum absolute atomic E-state index is 0.290. The van der Waals surface area contributed by atoms with E-state index in [9.17, 15) is 0 Å². The number of hydrogen-bond acceptors (Lipinski definition) is 5. The monoisotopic (exact) mass is 860 g/mol. The summed E-state index contributed by atoms with van der Waals surface area (Å²) in [7, 11) is 5.37. The van der Waals surface area contributed by atoms with Gasteiger partial charge in [0.05, 0.1) is 43.9 Å². The van der Waals surface area contributed by atoms with Gasteiger partial charge in [0, 0.05) is 59.2 Å². The van der Waals surface area contributed by atoms with Crippen molar-refractivity contribution in [2.45, 2.75) is 38.9 Å². The highest BCUT2D eigenvalue weighted by Crippen LogP contribution is 2.36. The maximum absolute atomic E-state index is 6.10. The maximum Gasteiger partial charge on any atom is 0.514 e. The molecule has 0 atom stereocenters. The molecule has 1 saturated heterocycles. The molecule has 0 saturated carbocycles. The summed E-state index contributed by atoms with van der Waals surface area (Å²) in [4.78, 5) is 0. The van der Waals surface area contributed by atoms with Gasteiger partial charge in [-0.25, -0.2) is 0 Å². The highest BCUT2D eigenvalue weighted by Gasteiger charge is 2.52. The first-order valence-electron chi connectivity index (χ1n) is 15.5. The standard InChI is InChI=1S/C10H17BN2O2.C10H8BrClN2.C10H9ClN2.C6H4BrCl/c1-9(2)10(3,4)15-11(14-9)8-6-7-12-13(8)5;1-14-10(8(11)6-13-14)7-4-2-3-5-9(7)12;1-13-10(6-7-12-13)8-4-2-3-5-9(8)11;7-5-3-1-2-4-6(5)8/h6-7H,1-5H3;2-6H,1H3;2-7H,1H3;1-4H. The van der Waals surface area contributed by atoms with Crippen LogP contribution in [0.25, 0.3) is 22.5 Å². The summed E-state index contributed by atoms with van der Waals surface area (Å²) >= 11 is 24.5. The molecule has 1 aliphatic heterocycles. The Bertz CT molecular complexity index is 1960. The fourth-order valence-electron chi connectivity index (χ4n) is 4.69. The lowest BCUT2D eigenvalue weighted by molar-refractivity contribution is 0.00578. The highest BCUT2D eigenvalue weighted by molar-refractivity contribution is 9.11. The van der Waals surface area contributed by atoms with Crippen molar-refractivity contribution in [2.24, 2.45) is 21.1 Å². The van der Waals surface area contributed by atoms with Crippen LogP contribution >= 0.6 is 66.7 Å². The van der Waals surface area contributed by atoms with Gasteiger partial charge in [0.1, 0.15) is 0 Å². The first-order chi connectivity index (χ1) is 23.6. The normalized spacial score (nSPS) is 14.1. The van der Waals surface area contributed by atoms with E-state index in [-0.39, 0.29) is 18.3 Å². The van der Waals surface area contributed by atoms with Crippen LogP contribution in [-0.2, 0) is 30.5 Å². The summed E-state index contributed by atoms with van der Waals surface area (Å²) < 4.78 is 19.1. The number of halogens is 5. The zero-order valence-electron chi connectivity index (χ0n) is 28.8. The fraction of sp³-hybridized carbons (Fsp3) is 0.250. The second-order valence-corrected chi connectivity index (χ2v) is 15.1. The van der Waals surface area contributed by atoms with Crippen molar-refractivity contribution in [3.05, 3.63) is 128 Å². The van der Waals surface area contributed by atoms with Crippen molar-refractivity contribution in [1.29, 1.82) is 0 Å². The Hall–Kier alpha value is -2.90. The third kappa shape index (κ3) is 9.91. The number of aryl methyl sites for hydroxylation is 3. The summed E-state index contributed by atoms with van der Waals surface area (Å²) in [6, 6.07) is 26.9. The number of benzene rings is 3. The first kappa shape index (κ1) is 39.9. The van der Waals surface area contributed by atoms with Crippen LogP contribution < -0.4 is 5.59 Å². The molecule has 3 aromatic carbocycles. The molecule has 262 valence electrons. The van der Waals surface area contributed by atoms with Crippen LogP contribution in [0.4, 0.5) is 0 Å². The third-order valence-corrected chi connectivity index (χ3v) is 10.7. The molecule has 0 radical (unpaired) electrons. The lowest BCUT2D eigenvalue weighted by atomic mass is 9.85. The van der Waals surface area contributed by atoms with E-state index >= 15 is 0 Å². The van der Waals surface area contributed by atoms with Gasteiger partial charge in [0.15, 0.2) is 0 Å². The lowest BCUT2D eigenvalue weighted by Gasteiger charge is -2.32. The number of rotatable bonds is 3. The van der Waals surface area contributed by atoms with Crippen molar-refractivity contribution in [3.8, 4) is 22.5 Å². The highest BCUT2D eigenvalue weighted by atomic mass is 79.9. The Morgan fingerprint density at radius 1 is 0.580 bits per heavy atom. The average Bonchev–Trinajstić information content (AvgIpc) is 3.83. The van der Waals surface area contributed by atoms with Crippen molar-refractivity contribution in [2.75, 3.05) is 0 Å². The maximum atomic E-state index is 6.10. The molecule has 3 aromatic heterocycles. The van der Waals surface area contributed by atoms with Gasteiger partial charge in [0.2, 0.25) is 0 Å². The molecule has 0 bridgehead atoms. The summed E-state index contributed by atoms with van der Waals surface area (Å²) in [5, 5.41) is 14.6. The Balaban J connectivity index is 0.000000153. The molecule has 4 heterocycles. The quantitative estimate of drug-likeness (QED) is 0.166. The van der Waals surface area contributed by atoms with E-state index in [0.717, 1.165) is 52.1 Å². The minimum Gasteiger partial charge on any atom is -0.398 e. The van der Waals surface area contributed by atoms with Crippen LogP contribution in [0.15, 0.2) is 112 Å². The van der Waals surface area contributed by atoms with Crippen LogP contribution in [-0.4, -0.2) is 47.7 Å². The van der Waals surface area contributed by atoms with Crippen molar-refractivity contribution in [3.63, 3.8) is 0 Å². The van der Waals surface area contributed by atoms with Gasteiger partial charge in [-0.05, 0) is 96.0 Å². The van der Waals surface area contributed by atoms with E-state index in [2.05, 4.69) is 47.2 Å². The van der Waals surface area contributed by atoms with Crippen LogP contribution in [0.5, 0.6) is 0 Å². The zero-order chi connectivity index (χ0) is 36.6. The van der Waals surface area contributed by atoms with Crippen molar-refractivity contribution in [1.82, 2.24) is 29.3 Å². The zero-order valence-corrected chi connectivity index (χ0v) is 34.2. The fourth-order valence-corrected chi connectivity index (χ4v) is 6.13. The van der Waals surface area contributed by atoms with Gasteiger partial charge < -0.3 is 9.31 Å². The van der Waals surface area contributed by atoms with Gasteiger partial charge in [-0.15, -0.1) is 0 Å². The Labute approximate surface area is 326 Å². The van der Waals surface area contributed by atoms with Crippen LogP contribution in [0.2, 0.25) is 15.1 Å². The molecule has 50 heavy (non-hydrogen) atoms. The van der Waals surface area contributed by atoms with E-state index in [0.29, 0.717) is 0 Å². The van der Waals surface area contributed by atoms with Crippen LogP contribution in [0, 0.1) is 0 Å². The summed E-state index contributed by atoms with van der Waals surface area (Å²) in [5.74, 6) is 0. The van der Waals surface area contributed by atoms with Gasteiger partial charge in [-0.2, -0.15) is 15.3 Å². The largest absolute Gasteiger partial charge is 0.514 e. The molecular weight excluding hydrogens is 825 g/mol. The predicted octanol–water partition coefficient (Wildman–Crippen LogP) is 10.1. The van der Waals surface area contributed by atoms with Gasteiger partial charge >= 0.3 is 7.12 Å². The third-order valence-electron chi connectivity index (χ3n) is 8.17. The molecule has 1 aliphatic rings. The first-order valence-corrected chi connectivity index (χ1v) is 18.2. The van der Waals surface area contributed by atoms with E-state index in [1.165, 1.54) is 0 Å². The molecule has 0 amide bonds. The van der Waals surface area contributed by atoms with Crippen molar-refractivity contribution >= 4 is 79.4 Å². The van der Waals surface area contributed by atoms with E-state index in [4.69, 9.17) is 44.1 Å². The second-order valence-electron chi connectivity index (χ2n) is 12.1. The Morgan fingerprint density at radius 2 is 1.08 bits per heavy atom. The molecule has 0 aliphatic carbocycles. The summed E-state index contributed by atoms with van der Waals surface area (Å²) in [6.45, 7) is 8.18. The van der Waals surface area contributed by atoms with E-state index in [1.54, 1.807) is 32.6 Å². The molecule has 0 unspecified atom stereocenters. The number of nitrogens with zero attached hydrogens (tertiary/aromatic N) is 6. The molecule has 0 spiro atoms. The Morgan fingerprint density at radius 3 is 1.50 bits per heavy atom. The van der Waals surface area contributed by atoms with Gasteiger partial charge in [-0.1, -0.05) is 83.3 Å². The van der Waals surface area contributed by atoms with Crippen molar-refractivity contribution < 1.29 is 9.31 Å². The lowest BCUT2D eigenvalue weighted by Crippen LogP contribution is -2.41. The molecule has 14 heteroatoms.